The fourth-order valence-electron chi connectivity index (χ4n) is 1.02. The normalized spacial score (nSPS) is 10.8. The average molecular weight is 177 g/mol. The number of aliphatic hydroxyl groups excluding tert-OH is 1. The number of rotatable bonds is 5. The largest absolute Gasteiger partial charge is 0.395 e. The summed E-state index contributed by atoms with van der Waals surface area (Å²) in [4.78, 5) is 0. The van der Waals surface area contributed by atoms with Crippen LogP contribution in [-0.4, -0.2) is 24.8 Å². The van der Waals surface area contributed by atoms with Gasteiger partial charge in [-0.25, -0.2) is 0 Å². The molecule has 0 amide bonds. The van der Waals surface area contributed by atoms with Gasteiger partial charge in [-0.15, -0.1) is 0 Å². The van der Waals surface area contributed by atoms with E-state index in [0.717, 1.165) is 6.54 Å². The molecule has 2 N–H and O–H groups in total. The van der Waals surface area contributed by atoms with Crippen LogP contribution in [0.1, 0.15) is 5.56 Å². The summed E-state index contributed by atoms with van der Waals surface area (Å²) in [5.41, 5.74) is 1.20. The summed E-state index contributed by atoms with van der Waals surface area (Å²) in [5, 5.41) is 11.6. The lowest BCUT2D eigenvalue weighted by atomic mass is 10.2. The number of benzene rings is 1. The zero-order chi connectivity index (χ0) is 9.36. The predicted molar refractivity (Wildman–Crippen MR) is 55.4 cm³/mol. The molecule has 70 valence electrons. The summed E-state index contributed by atoms with van der Waals surface area (Å²) in [7, 11) is 0. The smallest absolute Gasteiger partial charge is 0.0556 e. The van der Waals surface area contributed by atoms with Crippen LogP contribution < -0.4 is 5.32 Å². The molecule has 0 aliphatic heterocycles. The van der Waals surface area contributed by atoms with Crippen molar-refractivity contribution in [1.29, 1.82) is 0 Å². The lowest BCUT2D eigenvalue weighted by Crippen LogP contribution is -2.17. The minimum absolute atomic E-state index is 0.194. The van der Waals surface area contributed by atoms with Gasteiger partial charge in [0.2, 0.25) is 0 Å². The molecule has 0 saturated carbocycles. The van der Waals surface area contributed by atoms with Crippen LogP contribution in [0.25, 0.3) is 6.08 Å². The first-order valence-corrected chi connectivity index (χ1v) is 4.46. The Kier molecular flexibility index (Phi) is 4.91. The van der Waals surface area contributed by atoms with Gasteiger partial charge in [0.1, 0.15) is 0 Å². The molecular formula is C11H15NO. The summed E-state index contributed by atoms with van der Waals surface area (Å²) in [6.45, 7) is 1.65. The van der Waals surface area contributed by atoms with Crippen molar-refractivity contribution < 1.29 is 5.11 Å². The summed E-state index contributed by atoms with van der Waals surface area (Å²) in [6, 6.07) is 10.1. The van der Waals surface area contributed by atoms with Crippen LogP contribution >= 0.6 is 0 Å². The molecule has 1 aromatic rings. The van der Waals surface area contributed by atoms with E-state index in [1.54, 1.807) is 0 Å². The molecule has 13 heavy (non-hydrogen) atoms. The van der Waals surface area contributed by atoms with Gasteiger partial charge in [0, 0.05) is 13.1 Å². The van der Waals surface area contributed by atoms with E-state index in [0.29, 0.717) is 6.54 Å². The number of aliphatic hydroxyl groups is 1. The molecule has 0 bridgehead atoms. The van der Waals surface area contributed by atoms with Crippen molar-refractivity contribution in [2.75, 3.05) is 19.7 Å². The Bertz CT molecular complexity index is 244. The Morgan fingerprint density at radius 3 is 2.69 bits per heavy atom. The third kappa shape index (κ3) is 4.45. The first kappa shape index (κ1) is 9.96. The molecule has 0 aromatic heterocycles. The summed E-state index contributed by atoms with van der Waals surface area (Å²) < 4.78 is 0. The van der Waals surface area contributed by atoms with Crippen LogP contribution in [0.5, 0.6) is 0 Å². The standard InChI is InChI=1S/C11H15NO/c13-10-9-12-8-4-7-11-5-2-1-3-6-11/h1-7,12-13H,8-10H2/b7-4+. The van der Waals surface area contributed by atoms with Crippen LogP contribution in [0, 0.1) is 0 Å². The summed E-state index contributed by atoms with van der Waals surface area (Å²) in [5.74, 6) is 0. The first-order valence-electron chi connectivity index (χ1n) is 4.46. The second kappa shape index (κ2) is 6.40. The lowest BCUT2D eigenvalue weighted by molar-refractivity contribution is 0.294. The monoisotopic (exact) mass is 177 g/mol. The SMILES string of the molecule is OCCNC/C=C/c1ccccc1. The highest BCUT2D eigenvalue weighted by molar-refractivity contribution is 5.48. The number of hydrogen-bond donors (Lipinski definition) is 2. The zero-order valence-electron chi connectivity index (χ0n) is 7.61. The fourth-order valence-corrected chi connectivity index (χ4v) is 1.02. The minimum atomic E-state index is 0.194. The maximum absolute atomic E-state index is 8.50. The van der Waals surface area contributed by atoms with Crippen molar-refractivity contribution in [2.45, 2.75) is 0 Å². The van der Waals surface area contributed by atoms with Crippen LogP contribution in [0.4, 0.5) is 0 Å². The zero-order valence-corrected chi connectivity index (χ0v) is 7.61. The van der Waals surface area contributed by atoms with E-state index in [2.05, 4.69) is 23.5 Å². The molecule has 2 nitrogen and oxygen atoms in total. The van der Waals surface area contributed by atoms with Crippen molar-refractivity contribution in [3.05, 3.63) is 42.0 Å². The maximum atomic E-state index is 8.50. The quantitative estimate of drug-likeness (QED) is 0.664. The molecule has 0 aliphatic rings. The molecule has 0 aliphatic carbocycles. The van der Waals surface area contributed by atoms with E-state index >= 15 is 0 Å². The Morgan fingerprint density at radius 1 is 1.23 bits per heavy atom. The minimum Gasteiger partial charge on any atom is -0.395 e. The fraction of sp³-hybridized carbons (Fsp3) is 0.273. The van der Waals surface area contributed by atoms with Gasteiger partial charge in [0.05, 0.1) is 6.61 Å². The Balaban J connectivity index is 2.25. The highest BCUT2D eigenvalue weighted by Crippen LogP contribution is 1.99. The van der Waals surface area contributed by atoms with Gasteiger partial charge < -0.3 is 10.4 Å². The van der Waals surface area contributed by atoms with E-state index < -0.39 is 0 Å². The second-order valence-electron chi connectivity index (χ2n) is 2.74. The Morgan fingerprint density at radius 2 is 2.00 bits per heavy atom. The second-order valence-corrected chi connectivity index (χ2v) is 2.74. The summed E-state index contributed by atoms with van der Waals surface area (Å²) in [6.07, 6.45) is 4.11. The van der Waals surface area contributed by atoms with Gasteiger partial charge in [-0.2, -0.15) is 0 Å². The van der Waals surface area contributed by atoms with Gasteiger partial charge in [-0.05, 0) is 5.56 Å². The molecule has 0 fully saturated rings. The molecular weight excluding hydrogens is 162 g/mol. The highest BCUT2D eigenvalue weighted by Gasteiger charge is 1.82. The van der Waals surface area contributed by atoms with Crippen molar-refractivity contribution in [2.24, 2.45) is 0 Å². The molecule has 0 saturated heterocycles. The van der Waals surface area contributed by atoms with E-state index in [1.165, 1.54) is 5.56 Å². The predicted octanol–water partition coefficient (Wildman–Crippen LogP) is 1.28. The molecule has 0 radical (unpaired) electrons. The van der Waals surface area contributed by atoms with Gasteiger partial charge in [-0.3, -0.25) is 0 Å². The third-order valence-electron chi connectivity index (χ3n) is 1.66. The van der Waals surface area contributed by atoms with Crippen molar-refractivity contribution >= 4 is 6.08 Å². The maximum Gasteiger partial charge on any atom is 0.0556 e. The van der Waals surface area contributed by atoms with Gasteiger partial charge in [0.25, 0.3) is 0 Å². The number of nitrogens with one attached hydrogen (secondary N) is 1. The van der Waals surface area contributed by atoms with E-state index in [9.17, 15) is 0 Å². The number of hydrogen-bond acceptors (Lipinski definition) is 2. The van der Waals surface area contributed by atoms with Crippen molar-refractivity contribution in [3.8, 4) is 0 Å². The van der Waals surface area contributed by atoms with Crippen LogP contribution in [0.2, 0.25) is 0 Å². The summed E-state index contributed by atoms with van der Waals surface area (Å²) >= 11 is 0. The Hall–Kier alpha value is -1.12. The molecule has 0 heterocycles. The third-order valence-corrected chi connectivity index (χ3v) is 1.66. The molecule has 0 atom stereocenters. The van der Waals surface area contributed by atoms with E-state index in [1.807, 2.05) is 24.3 Å². The first-order chi connectivity index (χ1) is 6.43. The van der Waals surface area contributed by atoms with E-state index in [4.69, 9.17) is 5.11 Å². The van der Waals surface area contributed by atoms with Gasteiger partial charge in [-0.1, -0.05) is 42.5 Å². The van der Waals surface area contributed by atoms with Crippen molar-refractivity contribution in [1.82, 2.24) is 5.32 Å². The van der Waals surface area contributed by atoms with Gasteiger partial charge in [0.15, 0.2) is 0 Å². The van der Waals surface area contributed by atoms with Crippen molar-refractivity contribution in [3.63, 3.8) is 0 Å². The lowest BCUT2D eigenvalue weighted by Gasteiger charge is -1.95. The topological polar surface area (TPSA) is 32.3 Å². The van der Waals surface area contributed by atoms with Gasteiger partial charge >= 0.3 is 0 Å². The van der Waals surface area contributed by atoms with Crippen LogP contribution in [-0.2, 0) is 0 Å². The molecule has 1 aromatic carbocycles. The molecule has 2 heteroatoms. The Labute approximate surface area is 78.9 Å². The highest BCUT2D eigenvalue weighted by atomic mass is 16.3. The van der Waals surface area contributed by atoms with Crippen LogP contribution in [0.15, 0.2) is 36.4 Å². The van der Waals surface area contributed by atoms with Crippen LogP contribution in [0.3, 0.4) is 0 Å². The molecule has 1 rings (SSSR count). The molecule has 0 spiro atoms. The molecule has 0 unspecified atom stereocenters. The van der Waals surface area contributed by atoms with E-state index in [-0.39, 0.29) is 6.61 Å². The average Bonchev–Trinajstić information content (AvgIpc) is 2.19.